The van der Waals surface area contributed by atoms with E-state index in [4.69, 9.17) is 21.7 Å². The Morgan fingerprint density at radius 1 is 1.33 bits per heavy atom. The van der Waals surface area contributed by atoms with E-state index in [2.05, 4.69) is 5.32 Å². The maximum atomic E-state index is 12.4. The molecule has 1 saturated heterocycles. The zero-order valence-corrected chi connectivity index (χ0v) is 13.1. The zero-order chi connectivity index (χ0) is 15.2. The third-order valence-electron chi connectivity index (χ3n) is 3.01. The minimum Gasteiger partial charge on any atom is -0.490 e. The predicted molar refractivity (Wildman–Crippen MR) is 84.7 cm³/mol. The average molecular weight is 308 g/mol. The van der Waals surface area contributed by atoms with Crippen LogP contribution in [-0.4, -0.2) is 48.3 Å². The molecule has 1 amide bonds. The van der Waals surface area contributed by atoms with Crippen LogP contribution in [0.25, 0.3) is 0 Å². The zero-order valence-electron chi connectivity index (χ0n) is 12.3. The van der Waals surface area contributed by atoms with Crippen LogP contribution >= 0.6 is 12.2 Å². The number of benzene rings is 1. The Hall–Kier alpha value is -1.66. The summed E-state index contributed by atoms with van der Waals surface area (Å²) in [5, 5.41) is 3.20. The first-order valence-electron chi connectivity index (χ1n) is 7.01. The van der Waals surface area contributed by atoms with E-state index in [1.165, 1.54) is 0 Å². The number of amides is 1. The molecule has 1 N–H and O–H groups in total. The second-order valence-electron chi connectivity index (χ2n) is 5.02. The van der Waals surface area contributed by atoms with E-state index in [-0.39, 0.29) is 12.0 Å². The SMILES string of the molecule is CC(C)Oc1ccccc1C(=O)NC(=S)N1CCOCC1. The quantitative estimate of drug-likeness (QED) is 0.863. The minimum atomic E-state index is -0.247. The van der Waals surface area contributed by atoms with Gasteiger partial charge in [-0.1, -0.05) is 12.1 Å². The predicted octanol–water partition coefficient (Wildman–Crippen LogP) is 1.82. The van der Waals surface area contributed by atoms with Gasteiger partial charge in [-0.3, -0.25) is 10.1 Å². The monoisotopic (exact) mass is 308 g/mol. The molecular formula is C15H20N2O3S. The molecule has 21 heavy (non-hydrogen) atoms. The van der Waals surface area contributed by atoms with Crippen LogP contribution in [0.4, 0.5) is 0 Å². The number of rotatable bonds is 3. The van der Waals surface area contributed by atoms with Gasteiger partial charge in [0.2, 0.25) is 0 Å². The Morgan fingerprint density at radius 2 is 2.00 bits per heavy atom. The Bertz CT molecular complexity index is 513. The Labute approximate surface area is 130 Å². The van der Waals surface area contributed by atoms with Crippen LogP contribution < -0.4 is 10.1 Å². The van der Waals surface area contributed by atoms with Crippen molar-refractivity contribution in [3.8, 4) is 5.75 Å². The van der Waals surface area contributed by atoms with E-state index in [0.29, 0.717) is 42.7 Å². The molecule has 1 aliphatic rings. The lowest BCUT2D eigenvalue weighted by atomic mass is 10.2. The summed E-state index contributed by atoms with van der Waals surface area (Å²) in [5.41, 5.74) is 0.488. The van der Waals surface area contributed by atoms with Crippen molar-refractivity contribution in [3.63, 3.8) is 0 Å². The lowest BCUT2D eigenvalue weighted by Gasteiger charge is -2.29. The normalized spacial score (nSPS) is 14.9. The highest BCUT2D eigenvalue weighted by molar-refractivity contribution is 7.80. The smallest absolute Gasteiger partial charge is 0.261 e. The first-order valence-corrected chi connectivity index (χ1v) is 7.42. The maximum absolute atomic E-state index is 12.4. The number of carbonyl (C=O) groups excluding carboxylic acids is 1. The van der Waals surface area contributed by atoms with Gasteiger partial charge in [-0.15, -0.1) is 0 Å². The molecule has 0 radical (unpaired) electrons. The van der Waals surface area contributed by atoms with Crippen LogP contribution in [0.5, 0.6) is 5.75 Å². The number of morpholine rings is 1. The third-order valence-corrected chi connectivity index (χ3v) is 3.37. The van der Waals surface area contributed by atoms with Gasteiger partial charge in [0.25, 0.3) is 5.91 Å². The summed E-state index contributed by atoms with van der Waals surface area (Å²) >= 11 is 5.28. The summed E-state index contributed by atoms with van der Waals surface area (Å²) in [6.45, 7) is 6.50. The molecule has 5 nitrogen and oxygen atoms in total. The standard InChI is InChI=1S/C15H20N2O3S/c1-11(2)20-13-6-4-3-5-12(13)14(18)16-15(21)17-7-9-19-10-8-17/h3-6,11H,7-10H2,1-2H3,(H,16,18,21). The van der Waals surface area contributed by atoms with Crippen molar-refractivity contribution in [2.24, 2.45) is 0 Å². The molecule has 0 unspecified atom stereocenters. The van der Waals surface area contributed by atoms with Crippen molar-refractivity contribution >= 4 is 23.2 Å². The number of hydrogen-bond donors (Lipinski definition) is 1. The summed E-state index contributed by atoms with van der Waals surface area (Å²) in [5.74, 6) is 0.317. The van der Waals surface area contributed by atoms with E-state index < -0.39 is 0 Å². The fourth-order valence-electron chi connectivity index (χ4n) is 2.02. The molecule has 1 aromatic rings. The summed E-state index contributed by atoms with van der Waals surface area (Å²) < 4.78 is 10.9. The van der Waals surface area contributed by atoms with Gasteiger partial charge in [0.1, 0.15) is 5.75 Å². The molecule has 1 fully saturated rings. The maximum Gasteiger partial charge on any atom is 0.261 e. The molecule has 0 atom stereocenters. The number of thiocarbonyl (C=S) groups is 1. The molecule has 2 rings (SSSR count). The van der Waals surface area contributed by atoms with Crippen molar-refractivity contribution in [1.29, 1.82) is 0 Å². The number of para-hydroxylation sites is 1. The van der Waals surface area contributed by atoms with Crippen LogP contribution in [0.2, 0.25) is 0 Å². The highest BCUT2D eigenvalue weighted by Crippen LogP contribution is 2.19. The van der Waals surface area contributed by atoms with E-state index in [1.807, 2.05) is 24.8 Å². The van der Waals surface area contributed by atoms with Crippen LogP contribution in [-0.2, 0) is 4.74 Å². The number of nitrogens with zero attached hydrogens (tertiary/aromatic N) is 1. The summed E-state index contributed by atoms with van der Waals surface area (Å²) in [6.07, 6.45) is 0.00476. The van der Waals surface area contributed by atoms with E-state index in [9.17, 15) is 4.79 Å². The fourth-order valence-corrected chi connectivity index (χ4v) is 2.30. The number of nitrogens with one attached hydrogen (secondary N) is 1. The molecule has 0 aliphatic carbocycles. The van der Waals surface area contributed by atoms with Gasteiger partial charge in [0, 0.05) is 13.1 Å². The van der Waals surface area contributed by atoms with Crippen LogP contribution in [0.1, 0.15) is 24.2 Å². The lowest BCUT2D eigenvalue weighted by Crippen LogP contribution is -2.47. The minimum absolute atomic E-state index is 0.00476. The molecule has 0 bridgehead atoms. The van der Waals surface area contributed by atoms with Crippen LogP contribution in [0.3, 0.4) is 0 Å². The van der Waals surface area contributed by atoms with E-state index in [0.717, 1.165) is 0 Å². The van der Waals surface area contributed by atoms with E-state index >= 15 is 0 Å². The van der Waals surface area contributed by atoms with Gasteiger partial charge < -0.3 is 14.4 Å². The molecule has 1 heterocycles. The fraction of sp³-hybridized carbons (Fsp3) is 0.467. The molecule has 1 aliphatic heterocycles. The molecule has 0 saturated carbocycles. The van der Waals surface area contributed by atoms with Crippen molar-refractivity contribution < 1.29 is 14.3 Å². The van der Waals surface area contributed by atoms with Gasteiger partial charge in [0.15, 0.2) is 5.11 Å². The topological polar surface area (TPSA) is 50.8 Å². The van der Waals surface area contributed by atoms with E-state index in [1.54, 1.807) is 18.2 Å². The first-order chi connectivity index (χ1) is 10.1. The van der Waals surface area contributed by atoms with Crippen molar-refractivity contribution in [1.82, 2.24) is 10.2 Å². The average Bonchev–Trinajstić information content (AvgIpc) is 2.48. The largest absolute Gasteiger partial charge is 0.490 e. The Kier molecular flexibility index (Phi) is 5.52. The third kappa shape index (κ3) is 4.41. The summed E-state index contributed by atoms with van der Waals surface area (Å²) in [7, 11) is 0. The molecule has 0 aromatic heterocycles. The van der Waals surface area contributed by atoms with Gasteiger partial charge in [-0.05, 0) is 38.2 Å². The second-order valence-corrected chi connectivity index (χ2v) is 5.41. The van der Waals surface area contributed by atoms with Gasteiger partial charge in [0.05, 0.1) is 24.9 Å². The molecular weight excluding hydrogens is 288 g/mol. The van der Waals surface area contributed by atoms with Crippen molar-refractivity contribution in [3.05, 3.63) is 29.8 Å². The van der Waals surface area contributed by atoms with Gasteiger partial charge in [-0.25, -0.2) is 0 Å². The van der Waals surface area contributed by atoms with Gasteiger partial charge in [-0.2, -0.15) is 0 Å². The van der Waals surface area contributed by atoms with Gasteiger partial charge >= 0.3 is 0 Å². The van der Waals surface area contributed by atoms with Crippen LogP contribution in [0.15, 0.2) is 24.3 Å². The van der Waals surface area contributed by atoms with Crippen LogP contribution in [0, 0.1) is 0 Å². The summed E-state index contributed by atoms with van der Waals surface area (Å²) in [4.78, 5) is 14.3. The highest BCUT2D eigenvalue weighted by atomic mass is 32.1. The van der Waals surface area contributed by atoms with Crippen molar-refractivity contribution in [2.45, 2.75) is 20.0 Å². The second kappa shape index (κ2) is 7.38. The molecule has 6 heteroatoms. The molecule has 0 spiro atoms. The molecule has 1 aromatic carbocycles. The number of ether oxygens (including phenoxy) is 2. The summed E-state index contributed by atoms with van der Waals surface area (Å²) in [6, 6.07) is 7.16. The molecule has 114 valence electrons. The number of hydrogen-bond acceptors (Lipinski definition) is 4. The Morgan fingerprint density at radius 3 is 2.67 bits per heavy atom. The lowest BCUT2D eigenvalue weighted by molar-refractivity contribution is 0.0668. The first kappa shape index (κ1) is 15.7. The highest BCUT2D eigenvalue weighted by Gasteiger charge is 2.18. The van der Waals surface area contributed by atoms with Crippen molar-refractivity contribution in [2.75, 3.05) is 26.3 Å². The Balaban J connectivity index is 2.04. The number of carbonyl (C=O) groups is 1.